The number of fused-ring (bicyclic) bond motifs is 1. The third kappa shape index (κ3) is 3.82. The smallest absolute Gasteiger partial charge is 0.291 e. The van der Waals surface area contributed by atoms with E-state index in [-0.39, 0.29) is 5.56 Å². The summed E-state index contributed by atoms with van der Waals surface area (Å²) in [6.45, 7) is 2.85. The molecule has 0 N–H and O–H groups in total. The van der Waals surface area contributed by atoms with Crippen LogP contribution in [0.25, 0.3) is 22.4 Å². The first-order chi connectivity index (χ1) is 13.8. The number of nitrogens with zero attached hydrogens (tertiary/aromatic N) is 3. The monoisotopic (exact) mass is 391 g/mol. The van der Waals surface area contributed by atoms with Gasteiger partial charge in [0, 0.05) is 11.1 Å². The second-order valence-corrected chi connectivity index (χ2v) is 7.51. The van der Waals surface area contributed by atoms with Crippen molar-refractivity contribution in [1.29, 1.82) is 0 Å². The molecule has 0 bridgehead atoms. The first-order valence-electron chi connectivity index (χ1n) is 9.45. The van der Waals surface area contributed by atoms with Crippen LogP contribution in [-0.4, -0.2) is 21.2 Å². The maximum absolute atomic E-state index is 12.8. The molecule has 0 amide bonds. The summed E-state index contributed by atoms with van der Waals surface area (Å²) in [7, 11) is 0. The Bertz CT molecular complexity index is 1180. The number of thiazole rings is 1. The van der Waals surface area contributed by atoms with Crippen LogP contribution in [0.1, 0.15) is 31.7 Å². The van der Waals surface area contributed by atoms with Gasteiger partial charge in [0.15, 0.2) is 5.82 Å². The van der Waals surface area contributed by atoms with Gasteiger partial charge >= 0.3 is 0 Å². The van der Waals surface area contributed by atoms with E-state index in [1.54, 1.807) is 0 Å². The molecule has 0 saturated heterocycles. The minimum Gasteiger partial charge on any atom is -0.493 e. The van der Waals surface area contributed by atoms with Crippen LogP contribution >= 0.6 is 11.3 Å². The highest BCUT2D eigenvalue weighted by Gasteiger charge is 2.12. The van der Waals surface area contributed by atoms with Crippen LogP contribution in [0.2, 0.25) is 0 Å². The molecule has 0 fully saturated rings. The summed E-state index contributed by atoms with van der Waals surface area (Å²) >= 11 is 1.34. The Morgan fingerprint density at radius 2 is 1.86 bits per heavy atom. The molecule has 6 heteroatoms. The molecule has 0 aliphatic heterocycles. The molecule has 0 radical (unpaired) electrons. The summed E-state index contributed by atoms with van der Waals surface area (Å²) < 4.78 is 7.89. The quantitative estimate of drug-likeness (QED) is 0.448. The fraction of sp³-hybridized carbons (Fsp3) is 0.227. The molecule has 2 heterocycles. The van der Waals surface area contributed by atoms with Crippen LogP contribution in [0.4, 0.5) is 0 Å². The minimum absolute atomic E-state index is 0.157. The Hall–Kier alpha value is -2.99. The molecule has 0 aliphatic carbocycles. The van der Waals surface area contributed by atoms with Crippen molar-refractivity contribution in [3.05, 3.63) is 75.0 Å². The zero-order valence-electron chi connectivity index (χ0n) is 15.7. The van der Waals surface area contributed by atoms with Crippen molar-refractivity contribution in [3.8, 4) is 17.1 Å². The highest BCUT2D eigenvalue weighted by atomic mass is 32.1. The van der Waals surface area contributed by atoms with Gasteiger partial charge in [-0.3, -0.25) is 4.79 Å². The summed E-state index contributed by atoms with van der Waals surface area (Å²) in [5.41, 5.74) is 1.63. The van der Waals surface area contributed by atoms with Gasteiger partial charge < -0.3 is 4.74 Å². The Kier molecular flexibility index (Phi) is 5.48. The molecule has 2 aromatic heterocycles. The molecule has 0 spiro atoms. The van der Waals surface area contributed by atoms with E-state index in [1.807, 2.05) is 60.7 Å². The third-order valence-electron chi connectivity index (χ3n) is 4.42. The SMILES string of the molecule is CCCCCOc1ccccc1C=c1sc2nc(-c3ccccc3)nn2c1=O. The van der Waals surface area contributed by atoms with Crippen molar-refractivity contribution in [2.24, 2.45) is 0 Å². The van der Waals surface area contributed by atoms with E-state index < -0.39 is 0 Å². The van der Waals surface area contributed by atoms with E-state index in [4.69, 9.17) is 4.74 Å². The molecule has 142 valence electrons. The number of unbranched alkanes of at least 4 members (excludes halogenated alkanes) is 2. The Balaban J connectivity index is 1.66. The van der Waals surface area contributed by atoms with Crippen molar-refractivity contribution in [1.82, 2.24) is 14.6 Å². The lowest BCUT2D eigenvalue weighted by Gasteiger charge is -2.08. The Morgan fingerprint density at radius 3 is 2.64 bits per heavy atom. The number of hydrogen-bond donors (Lipinski definition) is 0. The molecule has 0 unspecified atom stereocenters. The van der Waals surface area contributed by atoms with E-state index in [1.165, 1.54) is 15.9 Å². The first kappa shape index (κ1) is 18.4. The van der Waals surface area contributed by atoms with Crippen molar-refractivity contribution >= 4 is 22.4 Å². The summed E-state index contributed by atoms with van der Waals surface area (Å²) in [4.78, 5) is 17.9. The molecule has 4 aromatic rings. The summed E-state index contributed by atoms with van der Waals surface area (Å²) in [5.74, 6) is 1.36. The molecule has 5 nitrogen and oxygen atoms in total. The van der Waals surface area contributed by atoms with Crippen molar-refractivity contribution in [2.75, 3.05) is 6.61 Å². The second kappa shape index (κ2) is 8.35. The first-order valence-corrected chi connectivity index (χ1v) is 10.3. The molecular formula is C22H21N3O2S. The average Bonchev–Trinajstić information content (AvgIpc) is 3.27. The molecule has 0 saturated carbocycles. The summed E-state index contributed by atoms with van der Waals surface area (Å²) in [6.07, 6.45) is 5.19. The molecule has 4 rings (SSSR count). The summed E-state index contributed by atoms with van der Waals surface area (Å²) in [5, 5.41) is 4.39. The Morgan fingerprint density at radius 1 is 1.07 bits per heavy atom. The number of hydrogen-bond acceptors (Lipinski definition) is 5. The van der Waals surface area contributed by atoms with E-state index in [9.17, 15) is 4.79 Å². The van der Waals surface area contributed by atoms with Gasteiger partial charge in [-0.15, -0.1) is 5.10 Å². The molecule has 0 aliphatic rings. The zero-order chi connectivity index (χ0) is 19.3. The molecule has 0 atom stereocenters. The minimum atomic E-state index is -0.157. The third-order valence-corrected chi connectivity index (χ3v) is 5.38. The van der Waals surface area contributed by atoms with Gasteiger partial charge in [0.05, 0.1) is 11.1 Å². The lowest BCUT2D eigenvalue weighted by molar-refractivity contribution is 0.305. The van der Waals surface area contributed by atoms with Crippen LogP contribution in [0, 0.1) is 0 Å². The van der Waals surface area contributed by atoms with E-state index in [0.717, 1.165) is 36.1 Å². The fourth-order valence-electron chi connectivity index (χ4n) is 2.95. The lowest BCUT2D eigenvalue weighted by atomic mass is 10.2. The van der Waals surface area contributed by atoms with Gasteiger partial charge in [0.1, 0.15) is 5.75 Å². The second-order valence-electron chi connectivity index (χ2n) is 6.51. The topological polar surface area (TPSA) is 56.5 Å². The van der Waals surface area contributed by atoms with Gasteiger partial charge in [0.25, 0.3) is 5.56 Å². The fourth-order valence-corrected chi connectivity index (χ4v) is 3.85. The number of ether oxygens (including phenoxy) is 1. The number of rotatable bonds is 7. The molecule has 2 aromatic carbocycles. The maximum Gasteiger partial charge on any atom is 0.291 e. The highest BCUT2D eigenvalue weighted by Crippen LogP contribution is 2.20. The van der Waals surface area contributed by atoms with Gasteiger partial charge in [-0.2, -0.15) is 9.50 Å². The van der Waals surface area contributed by atoms with E-state index in [0.29, 0.717) is 21.9 Å². The maximum atomic E-state index is 12.8. The van der Waals surface area contributed by atoms with Gasteiger partial charge in [-0.1, -0.05) is 79.6 Å². The van der Waals surface area contributed by atoms with E-state index in [2.05, 4.69) is 17.0 Å². The average molecular weight is 391 g/mol. The Labute approximate surface area is 166 Å². The lowest BCUT2D eigenvalue weighted by Crippen LogP contribution is -2.23. The largest absolute Gasteiger partial charge is 0.493 e. The van der Waals surface area contributed by atoms with Crippen molar-refractivity contribution in [2.45, 2.75) is 26.2 Å². The standard InChI is InChI=1S/C22H21N3O2S/c1-2-3-9-14-27-18-13-8-7-12-17(18)15-19-21(26)25-22(28-19)23-20(24-25)16-10-5-4-6-11-16/h4-8,10-13,15H,2-3,9,14H2,1H3. The molecule has 28 heavy (non-hydrogen) atoms. The summed E-state index contributed by atoms with van der Waals surface area (Å²) in [6, 6.07) is 17.5. The van der Waals surface area contributed by atoms with Crippen molar-refractivity contribution in [3.63, 3.8) is 0 Å². The highest BCUT2D eigenvalue weighted by molar-refractivity contribution is 7.15. The van der Waals surface area contributed by atoms with Gasteiger partial charge in [-0.05, 0) is 18.6 Å². The predicted octanol–water partition coefficient (Wildman–Crippen LogP) is 3.93. The predicted molar refractivity (Wildman–Crippen MR) is 113 cm³/mol. The van der Waals surface area contributed by atoms with E-state index >= 15 is 0 Å². The number of benzene rings is 2. The van der Waals surface area contributed by atoms with Gasteiger partial charge in [-0.25, -0.2) is 0 Å². The number of para-hydroxylation sites is 1. The molecular weight excluding hydrogens is 370 g/mol. The zero-order valence-corrected chi connectivity index (χ0v) is 16.5. The van der Waals surface area contributed by atoms with Crippen LogP contribution in [0.15, 0.2) is 59.4 Å². The van der Waals surface area contributed by atoms with Gasteiger partial charge in [0.2, 0.25) is 4.96 Å². The number of aromatic nitrogens is 3. The van der Waals surface area contributed by atoms with Crippen LogP contribution in [-0.2, 0) is 0 Å². The van der Waals surface area contributed by atoms with Crippen LogP contribution in [0.3, 0.4) is 0 Å². The van der Waals surface area contributed by atoms with Crippen molar-refractivity contribution < 1.29 is 4.74 Å². The normalized spacial score (nSPS) is 12.0. The van der Waals surface area contributed by atoms with Crippen LogP contribution in [0.5, 0.6) is 5.75 Å². The van der Waals surface area contributed by atoms with Crippen LogP contribution < -0.4 is 14.8 Å².